The minimum absolute atomic E-state index is 0.618. The van der Waals surface area contributed by atoms with Gasteiger partial charge in [-0.3, -0.25) is 0 Å². The Labute approximate surface area is 87.8 Å². The molecule has 1 aromatic carbocycles. The van der Waals surface area contributed by atoms with E-state index in [1.54, 1.807) is 0 Å². The molecule has 0 radical (unpaired) electrons. The van der Waals surface area contributed by atoms with E-state index in [1.165, 1.54) is 34.3 Å². The maximum atomic E-state index is 3.54. The van der Waals surface area contributed by atoms with Gasteiger partial charge in [-0.1, -0.05) is 18.2 Å². The molecule has 1 saturated heterocycles. The van der Waals surface area contributed by atoms with E-state index in [-0.39, 0.29) is 0 Å². The maximum Gasteiger partial charge on any atom is 0.0415 e. The Bertz CT molecular complexity index is 407. The summed E-state index contributed by atoms with van der Waals surface area (Å²) >= 11 is 1.93. The largest absolute Gasteiger partial charge is 0.309 e. The van der Waals surface area contributed by atoms with Crippen LogP contribution < -0.4 is 5.32 Å². The zero-order chi connectivity index (χ0) is 9.38. The minimum Gasteiger partial charge on any atom is -0.309 e. The third-order valence-corrected chi connectivity index (χ3v) is 4.08. The zero-order valence-corrected chi connectivity index (χ0v) is 8.81. The molecule has 1 nitrogen and oxygen atoms in total. The summed E-state index contributed by atoms with van der Waals surface area (Å²) in [7, 11) is 0. The molecule has 0 bridgehead atoms. The summed E-state index contributed by atoms with van der Waals surface area (Å²) in [6.07, 6.45) is 2.62. The average molecular weight is 203 g/mol. The Morgan fingerprint density at radius 3 is 3.00 bits per heavy atom. The van der Waals surface area contributed by atoms with Gasteiger partial charge in [0.25, 0.3) is 0 Å². The van der Waals surface area contributed by atoms with Crippen molar-refractivity contribution in [2.75, 3.05) is 6.54 Å². The van der Waals surface area contributed by atoms with Crippen LogP contribution in [0.1, 0.15) is 23.8 Å². The lowest BCUT2D eigenvalue weighted by molar-refractivity contribution is 0.660. The number of hydrogen-bond acceptors (Lipinski definition) is 2. The lowest BCUT2D eigenvalue weighted by Gasteiger charge is -2.05. The van der Waals surface area contributed by atoms with Crippen LogP contribution in [0.5, 0.6) is 0 Å². The molecule has 1 aromatic heterocycles. The predicted octanol–water partition coefficient (Wildman–Crippen LogP) is 3.33. The summed E-state index contributed by atoms with van der Waals surface area (Å²) in [6, 6.07) is 11.6. The van der Waals surface area contributed by atoms with E-state index in [0.717, 1.165) is 0 Å². The highest BCUT2D eigenvalue weighted by atomic mass is 32.1. The van der Waals surface area contributed by atoms with Gasteiger partial charge >= 0.3 is 0 Å². The standard InChI is InChI=1S/C12H13NS/c1-2-6-11-9(4-1)8-12(14-11)10-5-3-7-13-10/h1-2,4,6,8,10,13H,3,5,7H2. The second kappa shape index (κ2) is 3.37. The average Bonchev–Trinajstić information content (AvgIpc) is 2.86. The van der Waals surface area contributed by atoms with Crippen LogP contribution in [0.2, 0.25) is 0 Å². The fourth-order valence-electron chi connectivity index (χ4n) is 2.10. The molecule has 0 aliphatic carbocycles. The number of fused-ring (bicyclic) bond motifs is 1. The third-order valence-electron chi connectivity index (χ3n) is 2.85. The molecule has 0 spiro atoms. The van der Waals surface area contributed by atoms with Crippen molar-refractivity contribution in [2.45, 2.75) is 18.9 Å². The quantitative estimate of drug-likeness (QED) is 0.749. The van der Waals surface area contributed by atoms with Crippen LogP contribution in [-0.2, 0) is 0 Å². The Balaban J connectivity index is 2.05. The Hall–Kier alpha value is -0.860. The molecular weight excluding hydrogens is 190 g/mol. The second-order valence-corrected chi connectivity index (χ2v) is 4.95. The first-order chi connectivity index (χ1) is 6.93. The summed E-state index contributed by atoms with van der Waals surface area (Å²) in [5.41, 5.74) is 0. The van der Waals surface area contributed by atoms with Gasteiger partial charge in [-0.2, -0.15) is 0 Å². The highest BCUT2D eigenvalue weighted by Crippen LogP contribution is 2.33. The normalized spacial score (nSPS) is 21.9. The van der Waals surface area contributed by atoms with Crippen LogP contribution in [0.25, 0.3) is 10.1 Å². The van der Waals surface area contributed by atoms with E-state index >= 15 is 0 Å². The van der Waals surface area contributed by atoms with Crippen molar-refractivity contribution < 1.29 is 0 Å². The van der Waals surface area contributed by atoms with Crippen LogP contribution in [-0.4, -0.2) is 6.54 Å². The van der Waals surface area contributed by atoms with Gasteiger partial charge < -0.3 is 5.32 Å². The predicted molar refractivity (Wildman–Crippen MR) is 61.8 cm³/mol. The van der Waals surface area contributed by atoms with Crippen molar-refractivity contribution in [2.24, 2.45) is 0 Å². The first-order valence-electron chi connectivity index (χ1n) is 5.15. The topological polar surface area (TPSA) is 12.0 Å². The Morgan fingerprint density at radius 1 is 1.29 bits per heavy atom. The van der Waals surface area contributed by atoms with E-state index < -0.39 is 0 Å². The molecule has 0 amide bonds. The summed E-state index contributed by atoms with van der Waals surface area (Å²) in [4.78, 5) is 1.50. The fraction of sp³-hybridized carbons (Fsp3) is 0.333. The molecule has 1 atom stereocenters. The van der Waals surface area contributed by atoms with Gasteiger partial charge in [0, 0.05) is 15.6 Å². The van der Waals surface area contributed by atoms with Gasteiger partial charge in [-0.05, 0) is 36.9 Å². The lowest BCUT2D eigenvalue weighted by Crippen LogP contribution is -2.11. The van der Waals surface area contributed by atoms with Crippen LogP contribution in [0, 0.1) is 0 Å². The molecule has 72 valence electrons. The van der Waals surface area contributed by atoms with Crippen molar-refractivity contribution in [1.29, 1.82) is 0 Å². The first-order valence-corrected chi connectivity index (χ1v) is 5.97. The molecule has 2 aromatic rings. The number of nitrogens with one attached hydrogen (secondary N) is 1. The molecular formula is C12H13NS. The highest BCUT2D eigenvalue weighted by Gasteiger charge is 2.17. The molecule has 1 N–H and O–H groups in total. The van der Waals surface area contributed by atoms with E-state index in [4.69, 9.17) is 0 Å². The maximum absolute atomic E-state index is 3.54. The zero-order valence-electron chi connectivity index (χ0n) is 7.99. The monoisotopic (exact) mass is 203 g/mol. The molecule has 14 heavy (non-hydrogen) atoms. The second-order valence-electron chi connectivity index (χ2n) is 3.84. The molecule has 0 saturated carbocycles. The first kappa shape index (κ1) is 8.45. The number of thiophene rings is 1. The van der Waals surface area contributed by atoms with Gasteiger partial charge in [-0.25, -0.2) is 0 Å². The third kappa shape index (κ3) is 1.35. The lowest BCUT2D eigenvalue weighted by atomic mass is 10.2. The van der Waals surface area contributed by atoms with Crippen molar-refractivity contribution in [3.63, 3.8) is 0 Å². The van der Waals surface area contributed by atoms with Crippen LogP contribution in [0.15, 0.2) is 30.3 Å². The molecule has 1 unspecified atom stereocenters. The van der Waals surface area contributed by atoms with Crippen molar-refractivity contribution in [1.82, 2.24) is 5.32 Å². The smallest absolute Gasteiger partial charge is 0.0415 e. The van der Waals surface area contributed by atoms with Gasteiger partial charge in [0.1, 0.15) is 0 Å². The van der Waals surface area contributed by atoms with Crippen LogP contribution >= 0.6 is 11.3 Å². The van der Waals surface area contributed by atoms with E-state index in [1.807, 2.05) is 11.3 Å². The van der Waals surface area contributed by atoms with E-state index in [9.17, 15) is 0 Å². The van der Waals surface area contributed by atoms with Crippen molar-refractivity contribution in [3.8, 4) is 0 Å². The molecule has 2 heterocycles. The molecule has 3 rings (SSSR count). The number of hydrogen-bond donors (Lipinski definition) is 1. The summed E-state index contributed by atoms with van der Waals surface area (Å²) < 4.78 is 1.41. The fourth-order valence-corrected chi connectivity index (χ4v) is 3.28. The number of rotatable bonds is 1. The summed E-state index contributed by atoms with van der Waals surface area (Å²) in [6.45, 7) is 1.18. The molecule has 1 aliphatic rings. The number of benzene rings is 1. The SMILES string of the molecule is c1ccc2sc(C3CCCN3)cc2c1. The Morgan fingerprint density at radius 2 is 2.21 bits per heavy atom. The van der Waals surface area contributed by atoms with Crippen LogP contribution in [0.4, 0.5) is 0 Å². The highest BCUT2D eigenvalue weighted by molar-refractivity contribution is 7.19. The van der Waals surface area contributed by atoms with Gasteiger partial charge in [0.15, 0.2) is 0 Å². The van der Waals surface area contributed by atoms with Gasteiger partial charge in [0.05, 0.1) is 0 Å². The van der Waals surface area contributed by atoms with E-state index in [2.05, 4.69) is 35.6 Å². The molecule has 1 fully saturated rings. The summed E-state index contributed by atoms with van der Waals surface area (Å²) in [5.74, 6) is 0. The van der Waals surface area contributed by atoms with Gasteiger partial charge in [0.2, 0.25) is 0 Å². The molecule has 2 heteroatoms. The van der Waals surface area contributed by atoms with Crippen LogP contribution in [0.3, 0.4) is 0 Å². The Kier molecular flexibility index (Phi) is 2.03. The molecule has 1 aliphatic heterocycles. The van der Waals surface area contributed by atoms with Crippen molar-refractivity contribution in [3.05, 3.63) is 35.2 Å². The van der Waals surface area contributed by atoms with E-state index in [0.29, 0.717) is 6.04 Å². The van der Waals surface area contributed by atoms with Crippen molar-refractivity contribution >= 4 is 21.4 Å². The minimum atomic E-state index is 0.618. The van der Waals surface area contributed by atoms with Gasteiger partial charge in [-0.15, -0.1) is 11.3 Å². The summed E-state index contributed by atoms with van der Waals surface area (Å²) in [5, 5.41) is 4.93.